The van der Waals surface area contributed by atoms with Crippen molar-refractivity contribution in [1.82, 2.24) is 10.3 Å². The number of rotatable bonds is 6. The van der Waals surface area contributed by atoms with Gasteiger partial charge in [0, 0.05) is 18.4 Å². The number of benzene rings is 1. The molecule has 1 saturated carbocycles. The Morgan fingerprint density at radius 1 is 1.32 bits per heavy atom. The molecule has 1 aromatic carbocycles. The molecule has 1 unspecified atom stereocenters. The Bertz CT molecular complexity index is 632. The number of hydrogen-bond acceptors (Lipinski definition) is 3. The van der Waals surface area contributed by atoms with Crippen molar-refractivity contribution < 1.29 is 4.79 Å². The molecule has 4 heteroatoms. The Labute approximate surface area is 135 Å². The highest BCUT2D eigenvalue weighted by atomic mass is 32.1. The van der Waals surface area contributed by atoms with Crippen LogP contribution in [0.4, 0.5) is 0 Å². The van der Waals surface area contributed by atoms with Crippen LogP contribution in [0.2, 0.25) is 0 Å². The van der Waals surface area contributed by atoms with Crippen LogP contribution < -0.4 is 5.32 Å². The zero-order valence-corrected chi connectivity index (χ0v) is 13.9. The van der Waals surface area contributed by atoms with Crippen LogP contribution in [0.25, 0.3) is 0 Å². The van der Waals surface area contributed by atoms with Gasteiger partial charge in [0.15, 0.2) is 0 Å². The number of amides is 1. The number of carbonyl (C=O) groups is 1. The van der Waals surface area contributed by atoms with Gasteiger partial charge in [-0.3, -0.25) is 4.79 Å². The lowest BCUT2D eigenvalue weighted by atomic mass is 9.88. The minimum Gasteiger partial charge on any atom is -0.351 e. The quantitative estimate of drug-likeness (QED) is 0.868. The van der Waals surface area contributed by atoms with Crippen LogP contribution in [0, 0.1) is 5.92 Å². The first-order valence-electron chi connectivity index (χ1n) is 7.94. The van der Waals surface area contributed by atoms with Gasteiger partial charge in [0.1, 0.15) is 4.88 Å². The third-order valence-electron chi connectivity index (χ3n) is 4.19. The number of hydrogen-bond donors (Lipinski definition) is 1. The standard InChI is InChI=1S/C18H22N2OS/c1-12(2)15(13-6-4-3-5-7-13)10-19-17(21)16-11-20-18(22-16)14-8-9-14/h3-7,11-12,14-15H,8-10H2,1-2H3,(H,19,21). The van der Waals surface area contributed by atoms with Gasteiger partial charge in [-0.05, 0) is 24.3 Å². The molecule has 0 radical (unpaired) electrons. The van der Waals surface area contributed by atoms with Crippen molar-refractivity contribution in [1.29, 1.82) is 0 Å². The summed E-state index contributed by atoms with van der Waals surface area (Å²) in [4.78, 5) is 17.4. The smallest absolute Gasteiger partial charge is 0.263 e. The highest BCUT2D eigenvalue weighted by Gasteiger charge is 2.27. The van der Waals surface area contributed by atoms with Crippen LogP contribution in [-0.2, 0) is 0 Å². The summed E-state index contributed by atoms with van der Waals surface area (Å²) in [5.41, 5.74) is 1.28. The van der Waals surface area contributed by atoms with Crippen molar-refractivity contribution in [2.24, 2.45) is 5.92 Å². The molecule has 22 heavy (non-hydrogen) atoms. The second-order valence-electron chi connectivity index (χ2n) is 6.31. The van der Waals surface area contributed by atoms with E-state index in [4.69, 9.17) is 0 Å². The highest BCUT2D eigenvalue weighted by Crippen LogP contribution is 2.41. The minimum atomic E-state index is 0.00554. The van der Waals surface area contributed by atoms with Crippen LogP contribution >= 0.6 is 11.3 Å². The van der Waals surface area contributed by atoms with E-state index in [0.29, 0.717) is 24.3 Å². The zero-order chi connectivity index (χ0) is 15.5. The molecule has 1 fully saturated rings. The number of nitrogens with one attached hydrogen (secondary N) is 1. The number of carbonyl (C=O) groups excluding carboxylic acids is 1. The fourth-order valence-corrected chi connectivity index (χ4v) is 3.64. The first-order valence-corrected chi connectivity index (χ1v) is 8.75. The summed E-state index contributed by atoms with van der Waals surface area (Å²) in [7, 11) is 0. The summed E-state index contributed by atoms with van der Waals surface area (Å²) < 4.78 is 0. The Morgan fingerprint density at radius 3 is 2.68 bits per heavy atom. The van der Waals surface area contributed by atoms with E-state index in [-0.39, 0.29) is 5.91 Å². The van der Waals surface area contributed by atoms with Crippen LogP contribution in [0.1, 0.15) is 58.8 Å². The Kier molecular flexibility index (Phi) is 4.57. The first-order chi connectivity index (χ1) is 10.6. The predicted molar refractivity (Wildman–Crippen MR) is 90.4 cm³/mol. The van der Waals surface area contributed by atoms with Crippen molar-refractivity contribution in [2.75, 3.05) is 6.54 Å². The molecule has 116 valence electrons. The molecule has 0 aliphatic heterocycles. The fourth-order valence-electron chi connectivity index (χ4n) is 2.64. The molecule has 2 aromatic rings. The molecule has 1 aromatic heterocycles. The van der Waals surface area contributed by atoms with E-state index in [0.717, 1.165) is 9.88 Å². The molecule has 0 spiro atoms. The van der Waals surface area contributed by atoms with E-state index < -0.39 is 0 Å². The summed E-state index contributed by atoms with van der Waals surface area (Å²) in [5, 5.41) is 4.20. The van der Waals surface area contributed by atoms with Crippen molar-refractivity contribution in [3.63, 3.8) is 0 Å². The maximum Gasteiger partial charge on any atom is 0.263 e. The maximum absolute atomic E-state index is 12.3. The van der Waals surface area contributed by atoms with Crippen molar-refractivity contribution in [3.05, 3.63) is 52.0 Å². The van der Waals surface area contributed by atoms with E-state index in [1.807, 2.05) is 6.07 Å². The molecule has 1 aliphatic carbocycles. The molecule has 1 N–H and O–H groups in total. The average Bonchev–Trinajstić information content (AvgIpc) is 3.25. The van der Waals surface area contributed by atoms with Gasteiger partial charge in [0.25, 0.3) is 5.91 Å². The van der Waals surface area contributed by atoms with Gasteiger partial charge in [-0.15, -0.1) is 11.3 Å². The van der Waals surface area contributed by atoms with E-state index in [2.05, 4.69) is 48.4 Å². The van der Waals surface area contributed by atoms with Gasteiger partial charge in [0.05, 0.1) is 11.2 Å². The van der Waals surface area contributed by atoms with Gasteiger partial charge in [-0.1, -0.05) is 44.2 Å². The van der Waals surface area contributed by atoms with Crippen LogP contribution in [0.5, 0.6) is 0 Å². The predicted octanol–water partition coefficient (Wildman–Crippen LogP) is 4.19. The molecule has 1 amide bonds. The second kappa shape index (κ2) is 6.61. The monoisotopic (exact) mass is 314 g/mol. The molecule has 1 aliphatic rings. The molecule has 0 saturated heterocycles. The lowest BCUT2D eigenvalue weighted by molar-refractivity contribution is 0.0953. The van der Waals surface area contributed by atoms with Crippen LogP contribution in [0.3, 0.4) is 0 Å². The lowest BCUT2D eigenvalue weighted by Gasteiger charge is -2.21. The number of thiazole rings is 1. The third kappa shape index (κ3) is 3.55. The largest absolute Gasteiger partial charge is 0.351 e. The highest BCUT2D eigenvalue weighted by molar-refractivity contribution is 7.13. The third-order valence-corrected chi connectivity index (χ3v) is 5.35. The fraction of sp³-hybridized carbons (Fsp3) is 0.444. The van der Waals surface area contributed by atoms with Gasteiger partial charge >= 0.3 is 0 Å². The molecular formula is C18H22N2OS. The first kappa shape index (κ1) is 15.2. The second-order valence-corrected chi connectivity index (χ2v) is 7.37. The SMILES string of the molecule is CC(C)C(CNC(=O)c1cnc(C2CC2)s1)c1ccccc1. The molecular weight excluding hydrogens is 292 g/mol. The number of nitrogens with zero attached hydrogens (tertiary/aromatic N) is 1. The van der Waals surface area contributed by atoms with E-state index in [9.17, 15) is 4.79 Å². The van der Waals surface area contributed by atoms with Crippen molar-refractivity contribution in [2.45, 2.75) is 38.5 Å². The Hall–Kier alpha value is -1.68. The molecule has 3 rings (SSSR count). The van der Waals surface area contributed by atoms with Crippen LogP contribution in [0.15, 0.2) is 36.5 Å². The Morgan fingerprint density at radius 2 is 2.05 bits per heavy atom. The molecule has 3 nitrogen and oxygen atoms in total. The Balaban J connectivity index is 1.62. The van der Waals surface area contributed by atoms with E-state index >= 15 is 0 Å². The maximum atomic E-state index is 12.3. The summed E-state index contributed by atoms with van der Waals surface area (Å²) >= 11 is 1.54. The average molecular weight is 314 g/mol. The topological polar surface area (TPSA) is 42.0 Å². The summed E-state index contributed by atoms with van der Waals surface area (Å²) in [6.45, 7) is 5.06. The van der Waals surface area contributed by atoms with Crippen molar-refractivity contribution >= 4 is 17.2 Å². The van der Waals surface area contributed by atoms with Gasteiger partial charge in [0.2, 0.25) is 0 Å². The normalized spacial score (nSPS) is 15.8. The minimum absolute atomic E-state index is 0.00554. The van der Waals surface area contributed by atoms with E-state index in [1.165, 1.54) is 18.4 Å². The number of aromatic nitrogens is 1. The molecule has 1 heterocycles. The summed E-state index contributed by atoms with van der Waals surface area (Å²) in [6.07, 6.45) is 4.16. The molecule has 1 atom stereocenters. The van der Waals surface area contributed by atoms with Crippen molar-refractivity contribution in [3.8, 4) is 0 Å². The van der Waals surface area contributed by atoms with Gasteiger partial charge < -0.3 is 5.32 Å². The molecule has 0 bridgehead atoms. The van der Waals surface area contributed by atoms with Crippen LogP contribution in [-0.4, -0.2) is 17.4 Å². The van der Waals surface area contributed by atoms with Gasteiger partial charge in [-0.25, -0.2) is 4.98 Å². The summed E-state index contributed by atoms with van der Waals surface area (Å²) in [5.74, 6) is 1.43. The van der Waals surface area contributed by atoms with E-state index in [1.54, 1.807) is 17.5 Å². The lowest BCUT2D eigenvalue weighted by Crippen LogP contribution is -2.29. The summed E-state index contributed by atoms with van der Waals surface area (Å²) in [6, 6.07) is 10.4. The zero-order valence-electron chi connectivity index (χ0n) is 13.1. The van der Waals surface area contributed by atoms with Gasteiger partial charge in [-0.2, -0.15) is 0 Å².